The molecular weight excluding hydrogens is 305 g/mol. The maximum atomic E-state index is 13.9. The van der Waals surface area contributed by atoms with E-state index in [4.69, 9.17) is 9.63 Å². The first kappa shape index (κ1) is 17.4. The Hall–Kier alpha value is -1.99. The van der Waals surface area contributed by atoms with Crippen LogP contribution in [0, 0.1) is 0 Å². The molecule has 1 unspecified atom stereocenters. The van der Waals surface area contributed by atoms with E-state index < -0.39 is 11.6 Å². The molecule has 1 N–H and O–H groups in total. The second kappa shape index (κ2) is 6.25. The summed E-state index contributed by atoms with van der Waals surface area (Å²) in [6.45, 7) is 5.69. The summed E-state index contributed by atoms with van der Waals surface area (Å²) in [4.78, 5) is 28.4. The number of carbonyl (C=O) groups is 2. The van der Waals surface area contributed by atoms with Gasteiger partial charge in [0, 0.05) is 31.2 Å². The number of halogens is 1. The fourth-order valence-corrected chi connectivity index (χ4v) is 2.37. The molecule has 2 heterocycles. The van der Waals surface area contributed by atoms with Gasteiger partial charge in [0.05, 0.1) is 6.54 Å². The molecule has 1 fully saturated rings. The van der Waals surface area contributed by atoms with E-state index in [-0.39, 0.29) is 37.3 Å². The number of hydrogen-bond acceptors (Lipinski definition) is 5. The number of rotatable bonds is 5. The van der Waals surface area contributed by atoms with E-state index in [1.165, 1.54) is 4.90 Å². The third-order valence-electron chi connectivity index (χ3n) is 3.88. The standard InChI is InChI=1S/C15H22FN3O4/c1-14(2,3)12-17-10(23-18-12)5-4-6-11(20)19-8-7-15(16,9-19)13(21)22/h4-9H2,1-3H3,(H,21,22). The van der Waals surface area contributed by atoms with Crippen LogP contribution in [-0.4, -0.2) is 50.8 Å². The highest BCUT2D eigenvalue weighted by molar-refractivity contribution is 5.82. The molecule has 1 aliphatic heterocycles. The minimum absolute atomic E-state index is 0.135. The van der Waals surface area contributed by atoms with Crippen molar-refractivity contribution in [2.24, 2.45) is 0 Å². The highest BCUT2D eigenvalue weighted by atomic mass is 19.1. The molecule has 23 heavy (non-hydrogen) atoms. The van der Waals surface area contributed by atoms with Gasteiger partial charge in [-0.2, -0.15) is 4.98 Å². The molecule has 0 aliphatic carbocycles. The average molecular weight is 327 g/mol. The third-order valence-corrected chi connectivity index (χ3v) is 3.88. The van der Waals surface area contributed by atoms with Crippen molar-refractivity contribution < 1.29 is 23.6 Å². The number of aryl methyl sites for hydroxylation is 1. The van der Waals surface area contributed by atoms with Crippen molar-refractivity contribution in [1.29, 1.82) is 0 Å². The zero-order chi connectivity index (χ0) is 17.3. The number of likely N-dealkylation sites (tertiary alicyclic amines) is 1. The lowest BCUT2D eigenvalue weighted by Crippen LogP contribution is -2.38. The topological polar surface area (TPSA) is 96.5 Å². The number of amides is 1. The van der Waals surface area contributed by atoms with Gasteiger partial charge in [0.2, 0.25) is 17.5 Å². The van der Waals surface area contributed by atoms with E-state index in [0.717, 1.165) is 0 Å². The number of aliphatic carboxylic acids is 1. The summed E-state index contributed by atoms with van der Waals surface area (Å²) >= 11 is 0. The van der Waals surface area contributed by atoms with Gasteiger partial charge >= 0.3 is 5.97 Å². The summed E-state index contributed by atoms with van der Waals surface area (Å²) in [6.07, 6.45) is 0.991. The van der Waals surface area contributed by atoms with Crippen LogP contribution in [-0.2, 0) is 21.4 Å². The normalized spacial score (nSPS) is 21.7. The molecule has 8 heteroatoms. The fraction of sp³-hybridized carbons (Fsp3) is 0.733. The molecule has 0 aromatic carbocycles. The molecule has 0 bridgehead atoms. The zero-order valence-electron chi connectivity index (χ0n) is 13.6. The van der Waals surface area contributed by atoms with E-state index in [9.17, 15) is 14.0 Å². The maximum Gasteiger partial charge on any atom is 0.343 e. The average Bonchev–Trinajstić information content (AvgIpc) is 3.06. The van der Waals surface area contributed by atoms with Gasteiger partial charge in [0.1, 0.15) is 0 Å². The number of carboxylic acids is 1. The molecule has 0 radical (unpaired) electrons. The quantitative estimate of drug-likeness (QED) is 0.884. The molecule has 2 rings (SSSR count). The molecule has 1 saturated heterocycles. The lowest BCUT2D eigenvalue weighted by atomic mass is 9.96. The zero-order valence-corrected chi connectivity index (χ0v) is 13.6. The van der Waals surface area contributed by atoms with Crippen LogP contribution in [0.3, 0.4) is 0 Å². The Morgan fingerprint density at radius 1 is 1.43 bits per heavy atom. The summed E-state index contributed by atoms with van der Waals surface area (Å²) in [5, 5.41) is 12.7. The molecule has 128 valence electrons. The van der Waals surface area contributed by atoms with Crippen molar-refractivity contribution in [3.05, 3.63) is 11.7 Å². The Kier molecular flexibility index (Phi) is 4.72. The Morgan fingerprint density at radius 3 is 2.65 bits per heavy atom. The van der Waals surface area contributed by atoms with Crippen LogP contribution < -0.4 is 0 Å². The first-order valence-electron chi connectivity index (χ1n) is 7.65. The first-order valence-corrected chi connectivity index (χ1v) is 7.65. The van der Waals surface area contributed by atoms with Crippen molar-refractivity contribution in [1.82, 2.24) is 15.0 Å². The predicted molar refractivity (Wildman–Crippen MR) is 78.6 cm³/mol. The Morgan fingerprint density at radius 2 is 2.13 bits per heavy atom. The second-order valence-corrected chi connectivity index (χ2v) is 6.95. The van der Waals surface area contributed by atoms with Gasteiger partial charge in [-0.3, -0.25) is 4.79 Å². The predicted octanol–water partition coefficient (Wildman–Crippen LogP) is 1.72. The third kappa shape index (κ3) is 4.05. The number of carbonyl (C=O) groups excluding carboxylic acids is 1. The number of alkyl halides is 1. The molecule has 1 aromatic heterocycles. The second-order valence-electron chi connectivity index (χ2n) is 6.95. The first-order chi connectivity index (χ1) is 10.6. The van der Waals surface area contributed by atoms with Crippen LogP contribution in [0.1, 0.15) is 51.7 Å². The fourth-order valence-electron chi connectivity index (χ4n) is 2.37. The van der Waals surface area contributed by atoms with Crippen molar-refractivity contribution >= 4 is 11.9 Å². The van der Waals surface area contributed by atoms with Gasteiger partial charge in [-0.05, 0) is 6.42 Å². The lowest BCUT2D eigenvalue weighted by Gasteiger charge is -2.17. The largest absolute Gasteiger partial charge is 0.479 e. The van der Waals surface area contributed by atoms with Crippen molar-refractivity contribution in [3.63, 3.8) is 0 Å². The number of carboxylic acid groups (broad SMARTS) is 1. The van der Waals surface area contributed by atoms with Gasteiger partial charge < -0.3 is 14.5 Å². The van der Waals surface area contributed by atoms with Crippen molar-refractivity contribution in [2.45, 2.75) is 57.5 Å². The molecule has 0 saturated carbocycles. The summed E-state index contributed by atoms with van der Waals surface area (Å²) < 4.78 is 19.1. The van der Waals surface area contributed by atoms with E-state index in [1.54, 1.807) is 0 Å². The summed E-state index contributed by atoms with van der Waals surface area (Å²) in [5.74, 6) is -0.675. The van der Waals surface area contributed by atoms with Crippen LogP contribution in [0.4, 0.5) is 4.39 Å². The van der Waals surface area contributed by atoms with Gasteiger partial charge in [-0.15, -0.1) is 0 Å². The molecule has 1 amide bonds. The Labute approximate surface area is 133 Å². The van der Waals surface area contributed by atoms with Gasteiger partial charge in [-0.25, -0.2) is 9.18 Å². The highest BCUT2D eigenvalue weighted by Crippen LogP contribution is 2.26. The van der Waals surface area contributed by atoms with E-state index in [0.29, 0.717) is 24.6 Å². The number of aromatic nitrogens is 2. The smallest absolute Gasteiger partial charge is 0.343 e. The Bertz CT molecular complexity index is 596. The monoisotopic (exact) mass is 327 g/mol. The number of hydrogen-bond donors (Lipinski definition) is 1. The van der Waals surface area contributed by atoms with Gasteiger partial charge in [0.15, 0.2) is 5.82 Å². The van der Waals surface area contributed by atoms with Crippen molar-refractivity contribution in [2.75, 3.05) is 13.1 Å². The van der Waals surface area contributed by atoms with Crippen LogP contribution in [0.5, 0.6) is 0 Å². The van der Waals surface area contributed by atoms with E-state index >= 15 is 0 Å². The molecular formula is C15H22FN3O4. The van der Waals surface area contributed by atoms with Gasteiger partial charge in [-0.1, -0.05) is 25.9 Å². The maximum absolute atomic E-state index is 13.9. The van der Waals surface area contributed by atoms with E-state index in [2.05, 4.69) is 10.1 Å². The van der Waals surface area contributed by atoms with Gasteiger partial charge in [0.25, 0.3) is 0 Å². The molecule has 7 nitrogen and oxygen atoms in total. The Balaban J connectivity index is 1.80. The van der Waals surface area contributed by atoms with Crippen LogP contribution in [0.2, 0.25) is 0 Å². The summed E-state index contributed by atoms with van der Waals surface area (Å²) in [7, 11) is 0. The molecule has 0 spiro atoms. The summed E-state index contributed by atoms with van der Waals surface area (Å²) in [6, 6.07) is 0. The van der Waals surface area contributed by atoms with Crippen molar-refractivity contribution in [3.8, 4) is 0 Å². The van der Waals surface area contributed by atoms with Crippen LogP contribution >= 0.6 is 0 Å². The lowest BCUT2D eigenvalue weighted by molar-refractivity contribution is -0.150. The number of nitrogens with zero attached hydrogens (tertiary/aromatic N) is 3. The molecule has 1 atom stereocenters. The molecule has 1 aliphatic rings. The summed E-state index contributed by atoms with van der Waals surface area (Å²) in [5.41, 5.74) is -2.52. The minimum Gasteiger partial charge on any atom is -0.479 e. The van der Waals surface area contributed by atoms with Crippen LogP contribution in [0.15, 0.2) is 4.52 Å². The van der Waals surface area contributed by atoms with E-state index in [1.807, 2.05) is 20.8 Å². The SMILES string of the molecule is CC(C)(C)c1noc(CCCC(=O)N2CCC(F)(C(=O)O)C2)n1. The minimum atomic E-state index is -2.32. The molecule has 1 aromatic rings. The highest BCUT2D eigenvalue weighted by Gasteiger charge is 2.46. The van der Waals surface area contributed by atoms with Crippen LogP contribution in [0.25, 0.3) is 0 Å².